The van der Waals surface area contributed by atoms with Crippen molar-refractivity contribution >= 4 is 5.91 Å². The summed E-state index contributed by atoms with van der Waals surface area (Å²) in [7, 11) is 0. The van der Waals surface area contributed by atoms with Gasteiger partial charge in [-0.05, 0) is 24.6 Å². The van der Waals surface area contributed by atoms with Gasteiger partial charge in [0.25, 0.3) is 0 Å². The van der Waals surface area contributed by atoms with Crippen molar-refractivity contribution in [1.29, 1.82) is 0 Å². The third kappa shape index (κ3) is 2.63. The number of fused-ring (bicyclic) bond motifs is 1. The van der Waals surface area contributed by atoms with E-state index in [0.717, 1.165) is 30.2 Å². The Morgan fingerprint density at radius 1 is 1.35 bits per heavy atom. The van der Waals surface area contributed by atoms with Gasteiger partial charge in [0.1, 0.15) is 12.7 Å². The summed E-state index contributed by atoms with van der Waals surface area (Å²) < 4.78 is 11.4. The lowest BCUT2D eigenvalue weighted by atomic mass is 10.0. The van der Waals surface area contributed by atoms with Crippen molar-refractivity contribution < 1.29 is 14.3 Å². The highest BCUT2D eigenvalue weighted by Gasteiger charge is 2.22. The van der Waals surface area contributed by atoms with Crippen LogP contribution in [0.15, 0.2) is 35.4 Å². The topological polar surface area (TPSA) is 59.6 Å². The number of rotatable bonds is 3. The van der Waals surface area contributed by atoms with Gasteiger partial charge in [-0.3, -0.25) is 4.79 Å². The number of carbonyl (C=O) groups excluding carboxylic acids is 1. The van der Waals surface area contributed by atoms with Crippen molar-refractivity contribution in [2.75, 3.05) is 26.2 Å². The lowest BCUT2D eigenvalue weighted by molar-refractivity contribution is -0.118. The van der Waals surface area contributed by atoms with E-state index in [1.807, 2.05) is 31.2 Å². The molecule has 0 aromatic heterocycles. The summed E-state index contributed by atoms with van der Waals surface area (Å²) in [5.41, 5.74) is 1.98. The molecule has 2 aliphatic rings. The second kappa shape index (κ2) is 5.54. The molecule has 1 aromatic rings. The summed E-state index contributed by atoms with van der Waals surface area (Å²) in [6.45, 7) is 4.39. The molecule has 1 fully saturated rings. The lowest BCUT2D eigenvalue weighted by Gasteiger charge is -2.27. The normalized spacial score (nSPS) is 20.1. The maximum atomic E-state index is 12.0. The van der Waals surface area contributed by atoms with E-state index in [1.54, 1.807) is 0 Å². The summed E-state index contributed by atoms with van der Waals surface area (Å²) in [5.74, 6) is 1.47. The number of amides is 1. The van der Waals surface area contributed by atoms with E-state index in [0.29, 0.717) is 13.2 Å². The van der Waals surface area contributed by atoms with Crippen LogP contribution >= 0.6 is 0 Å². The Morgan fingerprint density at radius 3 is 2.80 bits per heavy atom. The van der Waals surface area contributed by atoms with Crippen molar-refractivity contribution in [3.05, 3.63) is 35.4 Å². The summed E-state index contributed by atoms with van der Waals surface area (Å²) >= 11 is 0. The zero-order valence-electron chi connectivity index (χ0n) is 11.4. The summed E-state index contributed by atoms with van der Waals surface area (Å²) in [6.07, 6.45) is -0.147. The molecule has 0 saturated carbocycles. The van der Waals surface area contributed by atoms with Crippen LogP contribution in [0.2, 0.25) is 0 Å². The van der Waals surface area contributed by atoms with Crippen LogP contribution in [0.25, 0.3) is 0 Å². The molecule has 1 saturated heterocycles. The first-order valence-electron chi connectivity index (χ1n) is 6.80. The lowest BCUT2D eigenvalue weighted by Crippen LogP contribution is -2.42. The highest BCUT2D eigenvalue weighted by atomic mass is 16.6. The van der Waals surface area contributed by atoms with Crippen LogP contribution in [-0.2, 0) is 4.79 Å². The number of carbonyl (C=O) groups is 1. The zero-order chi connectivity index (χ0) is 13.9. The largest absolute Gasteiger partial charge is 0.486 e. The fraction of sp³-hybridized carbons (Fsp3) is 0.400. The third-order valence-corrected chi connectivity index (χ3v) is 3.61. The molecule has 5 heteroatoms. The molecule has 2 aliphatic heterocycles. The molecule has 5 nitrogen and oxygen atoms in total. The highest BCUT2D eigenvalue weighted by Crippen LogP contribution is 2.30. The van der Waals surface area contributed by atoms with E-state index in [1.165, 1.54) is 5.57 Å². The number of benzene rings is 1. The zero-order valence-corrected chi connectivity index (χ0v) is 11.4. The highest BCUT2D eigenvalue weighted by molar-refractivity contribution is 5.93. The molecule has 1 aromatic carbocycles. The van der Waals surface area contributed by atoms with Gasteiger partial charge in [-0.1, -0.05) is 12.1 Å². The van der Waals surface area contributed by atoms with Gasteiger partial charge in [0.15, 0.2) is 11.5 Å². The fourth-order valence-electron chi connectivity index (χ4n) is 2.18. The van der Waals surface area contributed by atoms with Crippen molar-refractivity contribution in [1.82, 2.24) is 10.6 Å². The van der Waals surface area contributed by atoms with Crippen molar-refractivity contribution in [3.8, 4) is 11.5 Å². The van der Waals surface area contributed by atoms with Gasteiger partial charge in [0.2, 0.25) is 5.91 Å². The van der Waals surface area contributed by atoms with Gasteiger partial charge in [-0.15, -0.1) is 0 Å². The smallest absolute Gasteiger partial charge is 0.247 e. The molecule has 20 heavy (non-hydrogen) atoms. The fourth-order valence-corrected chi connectivity index (χ4v) is 2.18. The molecular formula is C15H18N2O3. The monoisotopic (exact) mass is 274 g/mol. The summed E-state index contributed by atoms with van der Waals surface area (Å²) in [4.78, 5) is 12.0. The van der Waals surface area contributed by atoms with Crippen molar-refractivity contribution in [2.45, 2.75) is 13.0 Å². The first-order valence-corrected chi connectivity index (χ1v) is 6.80. The second-order valence-electron chi connectivity index (χ2n) is 5.04. The van der Waals surface area contributed by atoms with Gasteiger partial charge in [0.05, 0.1) is 6.54 Å². The number of ether oxygens (including phenoxy) is 2. The molecule has 0 bridgehead atoms. The maximum Gasteiger partial charge on any atom is 0.247 e. The Balaban J connectivity index is 1.54. The molecule has 0 spiro atoms. The molecule has 1 amide bonds. The van der Waals surface area contributed by atoms with E-state index >= 15 is 0 Å². The Hall–Kier alpha value is -2.01. The quantitative estimate of drug-likeness (QED) is 0.803. The van der Waals surface area contributed by atoms with Gasteiger partial charge in [0, 0.05) is 18.7 Å². The Morgan fingerprint density at radius 2 is 2.10 bits per heavy atom. The van der Waals surface area contributed by atoms with Gasteiger partial charge >= 0.3 is 0 Å². The Bertz CT molecular complexity index is 548. The average Bonchev–Trinajstić information content (AvgIpc) is 2.42. The van der Waals surface area contributed by atoms with Crippen LogP contribution in [0, 0.1) is 0 Å². The first-order chi connectivity index (χ1) is 9.74. The number of hydrogen-bond acceptors (Lipinski definition) is 4. The standard InChI is InChI=1S/C15H18N2O3/c1-10(11-6-16-7-11)15(18)17-8-12-9-19-13-4-2-3-5-14(13)20-12/h2-5,12,16H,6-9H2,1H3,(H,17,18). The number of para-hydroxylation sites is 2. The van der Waals surface area contributed by atoms with Crippen molar-refractivity contribution in [3.63, 3.8) is 0 Å². The third-order valence-electron chi connectivity index (χ3n) is 3.61. The van der Waals surface area contributed by atoms with E-state index in [-0.39, 0.29) is 12.0 Å². The number of hydrogen-bond donors (Lipinski definition) is 2. The Kier molecular flexibility index (Phi) is 3.60. The van der Waals surface area contributed by atoms with Crippen LogP contribution in [0.5, 0.6) is 11.5 Å². The number of nitrogens with one attached hydrogen (secondary N) is 2. The molecule has 106 valence electrons. The van der Waals surface area contributed by atoms with Crippen molar-refractivity contribution in [2.24, 2.45) is 0 Å². The first kappa shape index (κ1) is 13.0. The van der Waals surface area contributed by atoms with Crippen LogP contribution in [0.3, 0.4) is 0 Å². The molecule has 0 aliphatic carbocycles. The summed E-state index contributed by atoms with van der Waals surface area (Å²) in [6, 6.07) is 7.56. The summed E-state index contributed by atoms with van der Waals surface area (Å²) in [5, 5.41) is 6.03. The SMILES string of the molecule is CC(C(=O)NCC1COc2ccccc2O1)=C1CNC1. The molecule has 1 unspecified atom stereocenters. The van der Waals surface area contributed by atoms with Crippen LogP contribution in [-0.4, -0.2) is 38.3 Å². The van der Waals surface area contributed by atoms with Crippen LogP contribution in [0.4, 0.5) is 0 Å². The Labute approximate surface area is 118 Å². The molecule has 1 atom stereocenters. The maximum absolute atomic E-state index is 12.0. The molecule has 3 rings (SSSR count). The van der Waals surface area contributed by atoms with E-state index in [2.05, 4.69) is 10.6 Å². The predicted octanol–water partition coefficient (Wildman–Crippen LogP) is 0.862. The molecule has 0 radical (unpaired) electrons. The van der Waals surface area contributed by atoms with E-state index in [9.17, 15) is 4.79 Å². The van der Waals surface area contributed by atoms with Crippen LogP contribution < -0.4 is 20.1 Å². The predicted molar refractivity (Wildman–Crippen MR) is 74.9 cm³/mol. The molecule has 2 N–H and O–H groups in total. The minimum Gasteiger partial charge on any atom is -0.486 e. The van der Waals surface area contributed by atoms with Gasteiger partial charge in [-0.25, -0.2) is 0 Å². The molecule has 2 heterocycles. The van der Waals surface area contributed by atoms with Gasteiger partial charge in [-0.2, -0.15) is 0 Å². The second-order valence-corrected chi connectivity index (χ2v) is 5.04. The minimum absolute atomic E-state index is 0.0241. The van der Waals surface area contributed by atoms with E-state index < -0.39 is 0 Å². The van der Waals surface area contributed by atoms with E-state index in [4.69, 9.17) is 9.47 Å². The van der Waals surface area contributed by atoms with Crippen LogP contribution in [0.1, 0.15) is 6.92 Å². The van der Waals surface area contributed by atoms with Gasteiger partial charge < -0.3 is 20.1 Å². The molecular weight excluding hydrogens is 256 g/mol. The average molecular weight is 274 g/mol. The minimum atomic E-state index is -0.147.